The van der Waals surface area contributed by atoms with E-state index < -0.39 is 0 Å². The van der Waals surface area contributed by atoms with Crippen molar-refractivity contribution in [3.63, 3.8) is 0 Å². The lowest BCUT2D eigenvalue weighted by molar-refractivity contribution is -0.938. The number of nitrogens with one attached hydrogen (secondary N) is 2. The van der Waals surface area contributed by atoms with Crippen molar-refractivity contribution in [2.24, 2.45) is 0 Å². The van der Waals surface area contributed by atoms with E-state index in [-0.39, 0.29) is 5.63 Å². The van der Waals surface area contributed by atoms with Gasteiger partial charge in [0.25, 0.3) is 0 Å². The van der Waals surface area contributed by atoms with Crippen LogP contribution in [0.25, 0.3) is 11.0 Å². The molecule has 2 atom stereocenters. The molecule has 4 nitrogen and oxygen atoms in total. The molecule has 3 rings (SSSR count). The van der Waals surface area contributed by atoms with Gasteiger partial charge in [0.05, 0.1) is 20.1 Å². The monoisotopic (exact) mass is 322 g/mol. The fourth-order valence-corrected chi connectivity index (χ4v) is 3.38. The van der Waals surface area contributed by atoms with Gasteiger partial charge in [-0.05, 0) is 24.6 Å². The zero-order valence-electron chi connectivity index (χ0n) is 13.2. The smallest absolute Gasteiger partial charge is 0.336 e. The van der Waals surface area contributed by atoms with E-state index in [2.05, 4.69) is 7.05 Å². The minimum atomic E-state index is -0.277. The van der Waals surface area contributed by atoms with Gasteiger partial charge < -0.3 is 14.2 Å². The lowest BCUT2D eigenvalue weighted by Gasteiger charge is -2.17. The topological polar surface area (TPSA) is 39.1 Å². The number of fused-ring (bicyclic) bond motifs is 1. The maximum absolute atomic E-state index is 11.8. The van der Waals surface area contributed by atoms with E-state index in [4.69, 9.17) is 16.0 Å². The molecule has 5 heteroatoms. The third-order valence-corrected chi connectivity index (χ3v) is 5.00. The second-order valence-corrected chi connectivity index (χ2v) is 6.83. The highest BCUT2D eigenvalue weighted by Crippen LogP contribution is 2.24. The largest absolute Gasteiger partial charge is 0.423 e. The van der Waals surface area contributed by atoms with Crippen LogP contribution < -0.4 is 15.4 Å². The lowest BCUT2D eigenvalue weighted by Crippen LogP contribution is -3.15. The second-order valence-electron chi connectivity index (χ2n) is 6.43. The van der Waals surface area contributed by atoms with Crippen LogP contribution in [0, 0.1) is 6.92 Å². The van der Waals surface area contributed by atoms with Crippen LogP contribution in [-0.4, -0.2) is 33.2 Å². The highest BCUT2D eigenvalue weighted by Gasteiger charge is 2.19. The molecule has 0 bridgehead atoms. The normalized spacial score (nSPS) is 22.7. The minimum Gasteiger partial charge on any atom is -0.423 e. The van der Waals surface area contributed by atoms with E-state index in [1.54, 1.807) is 11.0 Å². The van der Waals surface area contributed by atoms with Gasteiger partial charge in [-0.1, -0.05) is 11.6 Å². The summed E-state index contributed by atoms with van der Waals surface area (Å²) in [4.78, 5) is 15.0. The van der Waals surface area contributed by atoms with Crippen LogP contribution in [0.1, 0.15) is 17.5 Å². The van der Waals surface area contributed by atoms with Gasteiger partial charge in [0.15, 0.2) is 0 Å². The first-order chi connectivity index (χ1) is 10.5. The Morgan fingerprint density at radius 3 is 2.82 bits per heavy atom. The van der Waals surface area contributed by atoms with Crippen molar-refractivity contribution in [3.05, 3.63) is 44.8 Å². The highest BCUT2D eigenvalue weighted by molar-refractivity contribution is 6.32. The molecule has 1 aliphatic heterocycles. The Hall–Kier alpha value is -1.36. The lowest BCUT2D eigenvalue weighted by atomic mass is 10.1. The summed E-state index contributed by atoms with van der Waals surface area (Å²) in [5.74, 6) is 0. The molecule has 2 N–H and O–H groups in total. The Labute approximate surface area is 135 Å². The van der Waals surface area contributed by atoms with Gasteiger partial charge >= 0.3 is 5.63 Å². The van der Waals surface area contributed by atoms with Gasteiger partial charge in [-0.3, -0.25) is 0 Å². The molecular formula is C17H23ClN2O2+2. The highest BCUT2D eigenvalue weighted by atomic mass is 35.5. The second kappa shape index (κ2) is 6.41. The summed E-state index contributed by atoms with van der Waals surface area (Å²) in [7, 11) is 2.25. The molecule has 1 aromatic carbocycles. The number of halogens is 1. The third kappa shape index (κ3) is 3.35. The molecule has 0 spiro atoms. The van der Waals surface area contributed by atoms with Crippen LogP contribution in [-0.2, 0) is 6.54 Å². The van der Waals surface area contributed by atoms with Crippen molar-refractivity contribution in [1.82, 2.24) is 0 Å². The summed E-state index contributed by atoms with van der Waals surface area (Å²) >= 11 is 6.26. The first-order valence-corrected chi connectivity index (χ1v) is 8.28. The first-order valence-electron chi connectivity index (χ1n) is 7.90. The summed E-state index contributed by atoms with van der Waals surface area (Å²) in [6, 6.07) is 5.42. The average molecular weight is 323 g/mol. The van der Waals surface area contributed by atoms with E-state index >= 15 is 0 Å². The number of quaternary nitrogens is 2. The standard InChI is InChI=1S/C17H21ClN2O2/c1-12-8-16-14(10-15(12)18)13(9-17(21)22-16)11-20-5-3-4-19(2)6-7-20/h8-10H,3-7,11H2,1-2H3/p+2. The molecule has 0 saturated carbocycles. The van der Waals surface area contributed by atoms with E-state index in [1.165, 1.54) is 24.4 Å². The third-order valence-electron chi connectivity index (χ3n) is 4.59. The van der Waals surface area contributed by atoms with Crippen molar-refractivity contribution >= 4 is 22.6 Å². The molecule has 1 aliphatic rings. The summed E-state index contributed by atoms with van der Waals surface area (Å²) in [6.45, 7) is 7.47. The Kier molecular flexibility index (Phi) is 4.52. The number of aryl methyl sites for hydroxylation is 1. The maximum Gasteiger partial charge on any atom is 0.336 e. The quantitative estimate of drug-likeness (QED) is 0.768. The van der Waals surface area contributed by atoms with Crippen molar-refractivity contribution in [2.45, 2.75) is 19.9 Å². The van der Waals surface area contributed by atoms with Gasteiger partial charge in [0.1, 0.15) is 25.2 Å². The maximum atomic E-state index is 11.8. The van der Waals surface area contributed by atoms with Gasteiger partial charge in [-0.25, -0.2) is 4.79 Å². The van der Waals surface area contributed by atoms with Crippen molar-refractivity contribution in [1.29, 1.82) is 0 Å². The Bertz CT molecular complexity index is 741. The van der Waals surface area contributed by atoms with E-state index in [1.807, 2.05) is 19.1 Å². The van der Waals surface area contributed by atoms with Gasteiger partial charge in [0, 0.05) is 28.5 Å². The van der Waals surface area contributed by atoms with Gasteiger partial charge in [0.2, 0.25) is 0 Å². The number of rotatable bonds is 2. The van der Waals surface area contributed by atoms with Gasteiger partial charge in [-0.15, -0.1) is 0 Å². The number of likely N-dealkylation sites (N-methyl/N-ethyl adjacent to an activating group) is 1. The Morgan fingerprint density at radius 2 is 2.00 bits per heavy atom. The van der Waals surface area contributed by atoms with Crippen molar-refractivity contribution in [3.8, 4) is 0 Å². The molecule has 1 fully saturated rings. The van der Waals surface area contributed by atoms with E-state index in [9.17, 15) is 4.79 Å². The number of hydrogen-bond acceptors (Lipinski definition) is 2. The molecule has 0 amide bonds. The number of benzene rings is 1. The summed E-state index contributed by atoms with van der Waals surface area (Å²) in [6.07, 6.45) is 1.22. The zero-order valence-corrected chi connectivity index (χ0v) is 13.9. The van der Waals surface area contributed by atoms with Crippen LogP contribution in [0.4, 0.5) is 0 Å². The predicted octanol–water partition coefficient (Wildman–Crippen LogP) is 0.0581. The van der Waals surface area contributed by atoms with Crippen LogP contribution in [0.5, 0.6) is 0 Å². The molecule has 1 aromatic heterocycles. The molecule has 1 saturated heterocycles. The van der Waals surface area contributed by atoms with Crippen LogP contribution >= 0.6 is 11.6 Å². The van der Waals surface area contributed by atoms with E-state index in [0.29, 0.717) is 5.58 Å². The molecule has 0 radical (unpaired) electrons. The average Bonchev–Trinajstić information content (AvgIpc) is 2.66. The number of hydrogen-bond donors (Lipinski definition) is 2. The fraction of sp³-hybridized carbons (Fsp3) is 0.471. The fourth-order valence-electron chi connectivity index (χ4n) is 3.22. The Balaban J connectivity index is 1.95. The SMILES string of the molecule is Cc1cc2oc(=O)cc(C[NH+]3CCC[NH+](C)CC3)c2cc1Cl. The molecule has 2 heterocycles. The molecule has 2 aromatic rings. The van der Waals surface area contributed by atoms with Crippen LogP contribution in [0.15, 0.2) is 27.4 Å². The molecular weight excluding hydrogens is 300 g/mol. The summed E-state index contributed by atoms with van der Waals surface area (Å²) in [5.41, 5.74) is 2.34. The summed E-state index contributed by atoms with van der Waals surface area (Å²) in [5, 5.41) is 1.69. The van der Waals surface area contributed by atoms with Gasteiger partial charge in [-0.2, -0.15) is 0 Å². The van der Waals surface area contributed by atoms with Crippen molar-refractivity contribution < 1.29 is 14.2 Å². The molecule has 118 valence electrons. The molecule has 0 aliphatic carbocycles. The Morgan fingerprint density at radius 1 is 1.18 bits per heavy atom. The predicted molar refractivity (Wildman–Crippen MR) is 87.9 cm³/mol. The van der Waals surface area contributed by atoms with Crippen LogP contribution in [0.3, 0.4) is 0 Å². The van der Waals surface area contributed by atoms with E-state index in [0.717, 1.165) is 41.2 Å². The summed E-state index contributed by atoms with van der Waals surface area (Å²) < 4.78 is 5.34. The molecule has 22 heavy (non-hydrogen) atoms. The van der Waals surface area contributed by atoms with Crippen molar-refractivity contribution in [2.75, 3.05) is 33.2 Å². The molecule has 2 unspecified atom stereocenters. The first kappa shape index (κ1) is 15.5. The zero-order chi connectivity index (χ0) is 15.7. The minimum absolute atomic E-state index is 0.277. The van der Waals surface area contributed by atoms with Crippen LogP contribution in [0.2, 0.25) is 5.02 Å².